The quantitative estimate of drug-likeness (QED) is 0.726. The Morgan fingerprint density at radius 2 is 2.10 bits per heavy atom. The predicted molar refractivity (Wildman–Crippen MR) is 67.0 cm³/mol. The van der Waals surface area contributed by atoms with E-state index < -0.39 is 17.9 Å². The highest BCUT2D eigenvalue weighted by Crippen LogP contribution is 2.14. The molecule has 2 rings (SSSR count). The minimum absolute atomic E-state index is 0.101. The number of aromatic nitrogens is 2. The number of hydrogen-bond acceptors (Lipinski definition) is 5. The molecule has 8 nitrogen and oxygen atoms in total. The molecule has 0 radical (unpaired) electrons. The zero-order chi connectivity index (χ0) is 14.9. The summed E-state index contributed by atoms with van der Waals surface area (Å²) in [6.07, 6.45) is 0. The highest BCUT2D eigenvalue weighted by atomic mass is 16.4. The molecule has 1 fully saturated rings. The third-order valence-electron chi connectivity index (χ3n) is 3.06. The van der Waals surface area contributed by atoms with Crippen molar-refractivity contribution in [1.82, 2.24) is 20.4 Å². The second-order valence-corrected chi connectivity index (χ2v) is 4.58. The second kappa shape index (κ2) is 5.24. The fraction of sp³-hybridized carbons (Fsp3) is 0.417. The highest BCUT2D eigenvalue weighted by Gasteiger charge is 2.36. The molecule has 0 saturated carbocycles. The van der Waals surface area contributed by atoms with Crippen molar-refractivity contribution in [1.29, 1.82) is 0 Å². The Hall–Kier alpha value is -2.51. The number of carboxylic acid groups (broad SMARTS) is 1. The van der Waals surface area contributed by atoms with Crippen LogP contribution in [0.4, 0.5) is 0 Å². The van der Waals surface area contributed by atoms with Crippen LogP contribution >= 0.6 is 0 Å². The third kappa shape index (κ3) is 2.58. The Kier molecular flexibility index (Phi) is 3.64. The normalized spacial score (nSPS) is 18.6. The summed E-state index contributed by atoms with van der Waals surface area (Å²) in [6.45, 7) is 2.91. The van der Waals surface area contributed by atoms with Crippen LogP contribution in [0.5, 0.6) is 0 Å². The molecule has 1 aromatic rings. The molecule has 8 heteroatoms. The van der Waals surface area contributed by atoms with Gasteiger partial charge >= 0.3 is 5.97 Å². The van der Waals surface area contributed by atoms with Gasteiger partial charge in [0, 0.05) is 6.54 Å². The maximum Gasteiger partial charge on any atom is 0.328 e. The van der Waals surface area contributed by atoms with E-state index >= 15 is 0 Å². The number of aryl methyl sites for hydroxylation is 2. The van der Waals surface area contributed by atoms with Crippen LogP contribution in [-0.2, 0) is 9.59 Å². The molecule has 1 saturated heterocycles. The van der Waals surface area contributed by atoms with Crippen molar-refractivity contribution in [3.8, 4) is 0 Å². The van der Waals surface area contributed by atoms with Crippen LogP contribution in [0.25, 0.3) is 0 Å². The minimum Gasteiger partial charge on any atom is -0.480 e. The monoisotopic (exact) mass is 278 g/mol. The van der Waals surface area contributed by atoms with E-state index in [2.05, 4.69) is 15.5 Å². The van der Waals surface area contributed by atoms with Crippen LogP contribution in [0.2, 0.25) is 0 Å². The van der Waals surface area contributed by atoms with Crippen molar-refractivity contribution in [2.75, 3.05) is 13.1 Å². The van der Waals surface area contributed by atoms with Crippen LogP contribution in [0.1, 0.15) is 21.7 Å². The number of hydrogen-bond donors (Lipinski definition) is 2. The number of carbonyl (C=O) groups is 3. The van der Waals surface area contributed by atoms with Gasteiger partial charge in [0.2, 0.25) is 5.91 Å². The Bertz CT molecular complexity index is 587. The molecule has 20 heavy (non-hydrogen) atoms. The number of nitrogens with one attached hydrogen (secondary N) is 1. The molecule has 0 spiro atoms. The first-order valence-corrected chi connectivity index (χ1v) is 6.01. The van der Waals surface area contributed by atoms with Gasteiger partial charge in [-0.3, -0.25) is 9.59 Å². The summed E-state index contributed by atoms with van der Waals surface area (Å²) in [5, 5.41) is 19.2. The summed E-state index contributed by atoms with van der Waals surface area (Å²) in [7, 11) is 0. The number of amides is 2. The Balaban J connectivity index is 2.36. The summed E-state index contributed by atoms with van der Waals surface area (Å²) >= 11 is 0. The maximum absolute atomic E-state index is 12.4. The molecule has 2 heterocycles. The minimum atomic E-state index is -1.16. The lowest BCUT2D eigenvalue weighted by molar-refractivity contribution is -0.144. The van der Waals surface area contributed by atoms with Gasteiger partial charge in [0.25, 0.3) is 5.91 Å². The number of rotatable bonds is 2. The maximum atomic E-state index is 12.4. The van der Waals surface area contributed by atoms with Crippen molar-refractivity contribution >= 4 is 17.8 Å². The van der Waals surface area contributed by atoms with Gasteiger partial charge in [-0.2, -0.15) is 10.2 Å². The van der Waals surface area contributed by atoms with Gasteiger partial charge in [0.1, 0.15) is 12.6 Å². The fourth-order valence-electron chi connectivity index (χ4n) is 2.00. The molecular weight excluding hydrogens is 264 g/mol. The Labute approximate surface area is 114 Å². The number of carbonyl (C=O) groups excluding carboxylic acids is 2. The van der Waals surface area contributed by atoms with Crippen LogP contribution in [0.3, 0.4) is 0 Å². The first-order chi connectivity index (χ1) is 9.40. The summed E-state index contributed by atoms with van der Waals surface area (Å²) in [4.78, 5) is 36.1. The molecule has 2 N–H and O–H groups in total. The van der Waals surface area contributed by atoms with E-state index in [1.165, 1.54) is 6.07 Å². The van der Waals surface area contributed by atoms with E-state index in [0.29, 0.717) is 11.4 Å². The number of piperazine rings is 1. The lowest BCUT2D eigenvalue weighted by Gasteiger charge is -2.32. The lowest BCUT2D eigenvalue weighted by Crippen LogP contribution is -2.59. The molecule has 1 aliphatic heterocycles. The number of nitrogens with zero attached hydrogens (tertiary/aromatic N) is 3. The van der Waals surface area contributed by atoms with Crippen molar-refractivity contribution in [3.05, 3.63) is 23.0 Å². The van der Waals surface area contributed by atoms with Gasteiger partial charge < -0.3 is 15.3 Å². The second-order valence-electron chi connectivity index (χ2n) is 4.58. The van der Waals surface area contributed by atoms with E-state index in [1.807, 2.05) is 0 Å². The van der Waals surface area contributed by atoms with Crippen molar-refractivity contribution < 1.29 is 19.5 Å². The van der Waals surface area contributed by atoms with Gasteiger partial charge in [-0.15, -0.1) is 0 Å². The summed E-state index contributed by atoms with van der Waals surface area (Å²) in [5.41, 5.74) is 1.21. The molecular formula is C12H14N4O4. The molecule has 0 aromatic carbocycles. The standard InChI is InChI=1S/C12H14N4O4/c1-6-3-8(7(2)15-14-6)11(18)16-5-10(17)13-4-9(16)12(19)20/h3,9H,4-5H2,1-2H3,(H,13,17)(H,19,20). The zero-order valence-corrected chi connectivity index (χ0v) is 11.1. The molecule has 1 aliphatic rings. The lowest BCUT2D eigenvalue weighted by atomic mass is 10.1. The van der Waals surface area contributed by atoms with Gasteiger partial charge in [-0.25, -0.2) is 4.79 Å². The molecule has 1 unspecified atom stereocenters. The number of carboxylic acids is 1. The molecule has 0 bridgehead atoms. The smallest absolute Gasteiger partial charge is 0.328 e. The third-order valence-corrected chi connectivity index (χ3v) is 3.06. The van der Waals surface area contributed by atoms with E-state index in [-0.39, 0.29) is 24.6 Å². The molecule has 1 aromatic heterocycles. The Morgan fingerprint density at radius 1 is 1.40 bits per heavy atom. The van der Waals surface area contributed by atoms with Crippen molar-refractivity contribution in [2.24, 2.45) is 0 Å². The van der Waals surface area contributed by atoms with Crippen molar-refractivity contribution in [3.63, 3.8) is 0 Å². The average Bonchev–Trinajstić information content (AvgIpc) is 2.40. The SMILES string of the molecule is Cc1cc(C(=O)N2CC(=O)NCC2C(=O)O)c(C)nn1. The topological polar surface area (TPSA) is 112 Å². The highest BCUT2D eigenvalue weighted by molar-refractivity contribution is 6.00. The summed E-state index contributed by atoms with van der Waals surface area (Å²) in [5.74, 6) is -2.07. The molecule has 2 amide bonds. The van der Waals surface area contributed by atoms with Crippen molar-refractivity contribution in [2.45, 2.75) is 19.9 Å². The Morgan fingerprint density at radius 3 is 2.75 bits per heavy atom. The van der Waals surface area contributed by atoms with E-state index in [0.717, 1.165) is 4.90 Å². The first kappa shape index (κ1) is 13.9. The number of aliphatic carboxylic acids is 1. The first-order valence-electron chi connectivity index (χ1n) is 6.01. The van der Waals surface area contributed by atoms with E-state index in [1.54, 1.807) is 13.8 Å². The largest absolute Gasteiger partial charge is 0.480 e. The summed E-state index contributed by atoms with van der Waals surface area (Å²) in [6, 6.07) is 0.462. The van der Waals surface area contributed by atoms with E-state index in [9.17, 15) is 14.4 Å². The van der Waals surface area contributed by atoms with Crippen LogP contribution in [-0.4, -0.2) is 57.1 Å². The van der Waals surface area contributed by atoms with Crippen LogP contribution in [0, 0.1) is 13.8 Å². The van der Waals surface area contributed by atoms with Crippen LogP contribution < -0.4 is 5.32 Å². The fourth-order valence-corrected chi connectivity index (χ4v) is 2.00. The molecule has 106 valence electrons. The van der Waals surface area contributed by atoms with Gasteiger partial charge in [0.05, 0.1) is 17.0 Å². The zero-order valence-electron chi connectivity index (χ0n) is 11.1. The molecule has 0 aliphatic carbocycles. The summed E-state index contributed by atoms with van der Waals surface area (Å²) < 4.78 is 0. The van der Waals surface area contributed by atoms with Gasteiger partial charge in [-0.05, 0) is 19.9 Å². The molecule has 1 atom stereocenters. The predicted octanol–water partition coefficient (Wildman–Crippen LogP) is -0.881. The van der Waals surface area contributed by atoms with Gasteiger partial charge in [0.15, 0.2) is 0 Å². The average molecular weight is 278 g/mol. The van der Waals surface area contributed by atoms with Crippen LogP contribution in [0.15, 0.2) is 6.07 Å². The van der Waals surface area contributed by atoms with Gasteiger partial charge in [-0.1, -0.05) is 0 Å². The van der Waals surface area contributed by atoms with E-state index in [4.69, 9.17) is 5.11 Å².